The summed E-state index contributed by atoms with van der Waals surface area (Å²) in [5, 5.41) is 0. The second-order valence-corrected chi connectivity index (χ2v) is 2.30. The Balaban J connectivity index is 3.41. The Kier molecular flexibility index (Phi) is 1.57. The van der Waals surface area contributed by atoms with Gasteiger partial charge in [-0.1, -0.05) is 0 Å². The second-order valence-electron chi connectivity index (χ2n) is 2.30. The lowest BCUT2D eigenvalue weighted by Crippen LogP contribution is -2.04. The van der Waals surface area contributed by atoms with Crippen LogP contribution in [0.25, 0.3) is 0 Å². The number of hydrogen-bond donors (Lipinski definition) is 1. The van der Waals surface area contributed by atoms with Crippen molar-refractivity contribution in [2.24, 2.45) is 5.72 Å². The van der Waals surface area contributed by atoms with Crippen LogP contribution in [0, 0.1) is 0 Å². The smallest absolute Gasteiger partial charge is 0.122 e. The molecule has 2 N–H and O–H groups in total. The van der Waals surface area contributed by atoms with Gasteiger partial charge in [0.15, 0.2) is 0 Å². The first-order valence-corrected chi connectivity index (χ1v) is 3.69. The molecule has 3 nitrogen and oxygen atoms in total. The van der Waals surface area contributed by atoms with E-state index in [4.69, 9.17) is 17.8 Å². The van der Waals surface area contributed by atoms with E-state index in [0.717, 1.165) is 0 Å². The third kappa shape index (κ3) is 2.36. The summed E-state index contributed by atoms with van der Waals surface area (Å²) in [7, 11) is 2.73. The van der Waals surface area contributed by atoms with Gasteiger partial charge in [-0.15, -0.1) is 0 Å². The quantitative estimate of drug-likeness (QED) is 0.753. The van der Waals surface area contributed by atoms with E-state index >= 15 is 0 Å². The maximum absolute atomic E-state index is 7.89. The van der Waals surface area contributed by atoms with Crippen LogP contribution in [0.4, 0.5) is 0 Å². The molecule has 13 heavy (non-hydrogen) atoms. The molecular weight excluding hydrogens is 166 g/mol. The van der Waals surface area contributed by atoms with Gasteiger partial charge in [0, 0.05) is 5.48 Å². The zero-order valence-corrected chi connectivity index (χ0v) is 7.50. The first kappa shape index (κ1) is 4.33. The summed E-state index contributed by atoms with van der Waals surface area (Å²) in [5.41, 5.74) is -0.421. The first-order valence-electron chi connectivity index (χ1n) is 6.58. The molecule has 72 valence electrons. The molecule has 0 heterocycles. The molecule has 0 radical (unpaired) electrons. The van der Waals surface area contributed by atoms with Crippen LogP contribution < -0.4 is 15.2 Å². The number of nitrogens with two attached hydrogens (primary N) is 1. The van der Waals surface area contributed by atoms with Crippen molar-refractivity contribution in [1.29, 1.82) is 0 Å². The van der Waals surface area contributed by atoms with Gasteiger partial charge in [0.2, 0.25) is 0 Å². The largest absolute Gasteiger partial charge is 0.497 e. The highest BCUT2D eigenvalue weighted by Gasteiger charge is 2.03. The maximum atomic E-state index is 7.89. The van der Waals surface area contributed by atoms with Gasteiger partial charge >= 0.3 is 0 Å². The topological polar surface area (TPSA) is 44.5 Å². The van der Waals surface area contributed by atoms with Gasteiger partial charge in [0.1, 0.15) is 14.3 Å². The molecular formula is C10H15NO2. The molecule has 1 aromatic rings. The zero-order valence-electron chi connectivity index (χ0n) is 13.5. The highest BCUT2D eigenvalue weighted by Crippen LogP contribution is 2.23. The van der Waals surface area contributed by atoms with E-state index in [1.807, 2.05) is 0 Å². The van der Waals surface area contributed by atoms with Crippen LogP contribution in [0.5, 0.6) is 11.5 Å². The molecule has 0 saturated heterocycles. The number of aryl methyl sites for hydroxylation is 1. The van der Waals surface area contributed by atoms with Crippen molar-refractivity contribution in [3.05, 3.63) is 23.8 Å². The van der Waals surface area contributed by atoms with E-state index in [9.17, 15) is 0 Å². The van der Waals surface area contributed by atoms with E-state index in [1.54, 1.807) is 6.07 Å². The van der Waals surface area contributed by atoms with Crippen LogP contribution in [0.2, 0.25) is 2.82 Å². The van der Waals surface area contributed by atoms with E-state index in [-0.39, 0.29) is 17.0 Å². The monoisotopic (exact) mass is 187 g/mol. The Bertz CT molecular complexity index is 452. The first-order chi connectivity index (χ1) is 8.68. The van der Waals surface area contributed by atoms with Gasteiger partial charge in [0.25, 0.3) is 0 Å². The van der Waals surface area contributed by atoms with Gasteiger partial charge in [0.05, 0.1) is 14.2 Å². The molecule has 0 aliphatic carbocycles. The molecule has 0 aromatic heterocycles. The summed E-state index contributed by atoms with van der Waals surface area (Å²) in [6.45, 7) is -2.85. The highest BCUT2D eigenvalue weighted by atomic mass is 16.5. The van der Waals surface area contributed by atoms with Crippen LogP contribution >= 0.6 is 0 Å². The number of benzene rings is 1. The van der Waals surface area contributed by atoms with Crippen molar-refractivity contribution >= 4 is 0 Å². The molecule has 1 rings (SSSR count). The average Bonchev–Trinajstić information content (AvgIpc) is 2.37. The Morgan fingerprint density at radius 1 is 1.46 bits per heavy atom. The molecule has 0 spiro atoms. The fourth-order valence-corrected chi connectivity index (χ4v) is 0.972. The summed E-state index contributed by atoms with van der Waals surface area (Å²) >= 11 is 0. The van der Waals surface area contributed by atoms with Crippen molar-refractivity contribution in [3.63, 3.8) is 0 Å². The molecule has 0 aliphatic heterocycles. The number of hydrogen-bond acceptors (Lipinski definition) is 3. The lowest BCUT2D eigenvalue weighted by atomic mass is 10.1. The average molecular weight is 187 g/mol. The minimum Gasteiger partial charge on any atom is -0.497 e. The van der Waals surface area contributed by atoms with Crippen LogP contribution in [0.3, 0.4) is 0 Å². The highest BCUT2D eigenvalue weighted by molar-refractivity contribution is 5.40. The maximum Gasteiger partial charge on any atom is 0.122 e. The SMILES string of the molecule is [2H]N([2H])C([2H])([2H])C([2H])([2H])c1cc(OC)ccc1OC. The number of ether oxygens (including phenoxy) is 2. The zero-order chi connectivity index (χ0) is 14.8. The predicted octanol–water partition coefficient (Wildman–Crippen LogP) is 1.20. The van der Waals surface area contributed by atoms with Crippen molar-refractivity contribution in [1.82, 2.24) is 0 Å². The third-order valence-electron chi connectivity index (χ3n) is 1.60. The van der Waals surface area contributed by atoms with Gasteiger partial charge < -0.3 is 15.2 Å². The van der Waals surface area contributed by atoms with Gasteiger partial charge in [-0.25, -0.2) is 0 Å². The predicted molar refractivity (Wildman–Crippen MR) is 52.3 cm³/mol. The van der Waals surface area contributed by atoms with Gasteiger partial charge in [-0.05, 0) is 36.6 Å². The van der Waals surface area contributed by atoms with Crippen molar-refractivity contribution in [2.75, 3.05) is 20.7 Å². The summed E-state index contributed by atoms with van der Waals surface area (Å²) in [6, 6.07) is 4.29. The fourth-order valence-electron chi connectivity index (χ4n) is 0.972. The molecule has 0 aliphatic rings. The fraction of sp³-hybridized carbons (Fsp3) is 0.400. The molecule has 0 unspecified atom stereocenters. The van der Waals surface area contributed by atoms with Crippen LogP contribution in [0.1, 0.15) is 11.0 Å². The molecule has 0 atom stereocenters. The van der Waals surface area contributed by atoms with Gasteiger partial charge in [-0.2, -0.15) is 0 Å². The molecule has 3 heteroatoms. The lowest BCUT2D eigenvalue weighted by molar-refractivity contribution is 0.399. The normalized spacial score (nSPS) is 19.0. The van der Waals surface area contributed by atoms with Crippen LogP contribution in [-0.4, -0.2) is 20.7 Å². The van der Waals surface area contributed by atoms with Crippen molar-refractivity contribution in [2.45, 2.75) is 6.37 Å². The Labute approximate surface area is 87.0 Å². The summed E-state index contributed by atoms with van der Waals surface area (Å²) in [6.07, 6.45) is -2.63. The summed E-state index contributed by atoms with van der Waals surface area (Å²) < 4.78 is 54.9. The Morgan fingerprint density at radius 3 is 2.92 bits per heavy atom. The third-order valence-corrected chi connectivity index (χ3v) is 1.60. The van der Waals surface area contributed by atoms with E-state index < -0.39 is 12.9 Å². The Morgan fingerprint density at radius 2 is 2.31 bits per heavy atom. The van der Waals surface area contributed by atoms with Crippen LogP contribution in [0.15, 0.2) is 18.2 Å². The molecule has 0 saturated carbocycles. The molecule has 0 amide bonds. The van der Waals surface area contributed by atoms with E-state index in [0.29, 0.717) is 5.75 Å². The van der Waals surface area contributed by atoms with Gasteiger partial charge in [-0.3, -0.25) is 0 Å². The van der Waals surface area contributed by atoms with Crippen molar-refractivity contribution in [3.8, 4) is 11.5 Å². The minimum atomic E-state index is -2.85. The second kappa shape index (κ2) is 4.72. The van der Waals surface area contributed by atoms with Crippen molar-refractivity contribution < 1.29 is 17.8 Å². The minimum absolute atomic E-state index is 0.121. The van der Waals surface area contributed by atoms with E-state index in [1.165, 1.54) is 26.4 Å². The molecule has 0 bridgehead atoms. The molecule has 0 fully saturated rings. The van der Waals surface area contributed by atoms with Crippen LogP contribution in [-0.2, 0) is 6.37 Å². The number of rotatable bonds is 5. The standard InChI is InChI=1S/C10H15NO2/c1-12-9-3-4-10(13-2)8(7-9)5-6-11/h3-4,7H,5-6,11H2,1-2H3/i5D2,6D2/hD2. The Hall–Kier alpha value is -1.22. The molecule has 1 aromatic carbocycles. The summed E-state index contributed by atoms with van der Waals surface area (Å²) in [5.74, 6) is 0.452. The lowest BCUT2D eigenvalue weighted by Gasteiger charge is -2.08. The summed E-state index contributed by atoms with van der Waals surface area (Å²) in [4.78, 5) is 0. The van der Waals surface area contributed by atoms with E-state index in [2.05, 4.69) is 0 Å². The number of methoxy groups -OCH3 is 2.